The summed E-state index contributed by atoms with van der Waals surface area (Å²) in [4.78, 5) is 15.9. The third-order valence-electron chi connectivity index (χ3n) is 2.64. The van der Waals surface area contributed by atoms with Crippen LogP contribution in [0.2, 0.25) is 0 Å². The summed E-state index contributed by atoms with van der Waals surface area (Å²) in [6.07, 6.45) is 1.53. The SMILES string of the molecule is Cn1cnc2cc(C(=O)C3CO3)ccc21. The monoisotopic (exact) mass is 202 g/mol. The van der Waals surface area contributed by atoms with E-state index in [2.05, 4.69) is 4.98 Å². The molecular formula is C11H10N2O2. The van der Waals surface area contributed by atoms with E-state index >= 15 is 0 Å². The lowest BCUT2D eigenvalue weighted by atomic mass is 10.1. The fourth-order valence-electron chi connectivity index (χ4n) is 1.67. The normalized spacial score (nSPS) is 19.4. The molecule has 1 aliphatic heterocycles. The zero-order valence-corrected chi connectivity index (χ0v) is 8.30. The number of carbonyl (C=O) groups excluding carboxylic acids is 1. The van der Waals surface area contributed by atoms with Crippen molar-refractivity contribution in [2.75, 3.05) is 6.61 Å². The van der Waals surface area contributed by atoms with E-state index in [-0.39, 0.29) is 11.9 Å². The van der Waals surface area contributed by atoms with E-state index in [1.165, 1.54) is 0 Å². The molecule has 1 aromatic heterocycles. The van der Waals surface area contributed by atoms with E-state index in [0.717, 1.165) is 11.0 Å². The third-order valence-corrected chi connectivity index (χ3v) is 2.64. The largest absolute Gasteiger partial charge is 0.364 e. The molecule has 0 spiro atoms. The Bertz CT molecular complexity index is 541. The highest BCUT2D eigenvalue weighted by Crippen LogP contribution is 2.19. The van der Waals surface area contributed by atoms with Gasteiger partial charge >= 0.3 is 0 Å². The van der Waals surface area contributed by atoms with Crippen LogP contribution in [0.25, 0.3) is 11.0 Å². The average molecular weight is 202 g/mol. The van der Waals surface area contributed by atoms with Gasteiger partial charge in [0.05, 0.1) is 24.0 Å². The number of nitrogens with zero attached hydrogens (tertiary/aromatic N) is 2. The molecule has 4 heteroatoms. The van der Waals surface area contributed by atoms with Crippen LogP contribution in [0, 0.1) is 0 Å². The number of fused-ring (bicyclic) bond motifs is 1. The van der Waals surface area contributed by atoms with Crippen LogP contribution >= 0.6 is 0 Å². The topological polar surface area (TPSA) is 47.4 Å². The smallest absolute Gasteiger partial charge is 0.194 e. The van der Waals surface area contributed by atoms with Gasteiger partial charge in [-0.15, -0.1) is 0 Å². The fraction of sp³-hybridized carbons (Fsp3) is 0.273. The number of carbonyl (C=O) groups is 1. The number of epoxide rings is 1. The van der Waals surface area contributed by atoms with Gasteiger partial charge in [0.2, 0.25) is 0 Å². The van der Waals surface area contributed by atoms with E-state index in [4.69, 9.17) is 4.74 Å². The van der Waals surface area contributed by atoms with Gasteiger partial charge in [0.25, 0.3) is 0 Å². The van der Waals surface area contributed by atoms with Gasteiger partial charge in [-0.3, -0.25) is 4.79 Å². The molecule has 4 nitrogen and oxygen atoms in total. The van der Waals surface area contributed by atoms with Crippen LogP contribution in [0.5, 0.6) is 0 Å². The predicted molar refractivity (Wildman–Crippen MR) is 54.8 cm³/mol. The second-order valence-electron chi connectivity index (χ2n) is 3.75. The zero-order chi connectivity index (χ0) is 10.4. The van der Waals surface area contributed by atoms with Crippen molar-refractivity contribution in [3.05, 3.63) is 30.1 Å². The quantitative estimate of drug-likeness (QED) is 0.542. The molecule has 0 amide bonds. The van der Waals surface area contributed by atoms with E-state index in [9.17, 15) is 4.79 Å². The number of rotatable bonds is 2. The molecule has 0 aliphatic carbocycles. The van der Waals surface area contributed by atoms with Crippen molar-refractivity contribution in [2.24, 2.45) is 7.05 Å². The van der Waals surface area contributed by atoms with E-state index < -0.39 is 0 Å². The Labute approximate surface area is 86.5 Å². The molecule has 76 valence electrons. The number of ketones is 1. The Hall–Kier alpha value is -1.68. The van der Waals surface area contributed by atoms with Crippen molar-refractivity contribution in [3.63, 3.8) is 0 Å². The molecule has 0 N–H and O–H groups in total. The first kappa shape index (κ1) is 8.61. The Balaban J connectivity index is 2.09. The number of aryl methyl sites for hydroxylation is 1. The van der Waals surface area contributed by atoms with Gasteiger partial charge in [0.1, 0.15) is 6.10 Å². The number of aromatic nitrogens is 2. The maximum absolute atomic E-state index is 11.7. The summed E-state index contributed by atoms with van der Waals surface area (Å²) in [5, 5.41) is 0. The molecule has 15 heavy (non-hydrogen) atoms. The molecule has 0 bridgehead atoms. The first-order valence-electron chi connectivity index (χ1n) is 4.82. The summed E-state index contributed by atoms with van der Waals surface area (Å²) in [6, 6.07) is 5.56. The lowest BCUT2D eigenvalue weighted by molar-refractivity contribution is 0.0954. The standard InChI is InChI=1S/C11H10N2O2/c1-13-6-12-8-4-7(2-3-9(8)13)11(14)10-5-15-10/h2-4,6,10H,5H2,1H3. The summed E-state index contributed by atoms with van der Waals surface area (Å²) in [5.74, 6) is 0.0579. The van der Waals surface area contributed by atoms with Crippen LogP contribution in [-0.4, -0.2) is 28.0 Å². The van der Waals surface area contributed by atoms with Crippen molar-refractivity contribution < 1.29 is 9.53 Å². The van der Waals surface area contributed by atoms with Crippen LogP contribution in [0.15, 0.2) is 24.5 Å². The molecule has 1 saturated heterocycles. The Morgan fingerprint density at radius 2 is 2.40 bits per heavy atom. The summed E-state index contributed by atoms with van der Waals surface area (Å²) in [6.45, 7) is 0.555. The van der Waals surface area contributed by atoms with E-state index in [1.54, 1.807) is 6.33 Å². The van der Waals surface area contributed by atoms with Gasteiger partial charge in [0.15, 0.2) is 5.78 Å². The van der Waals surface area contributed by atoms with Gasteiger partial charge < -0.3 is 9.30 Å². The Kier molecular flexibility index (Phi) is 1.67. The summed E-state index contributed by atoms with van der Waals surface area (Å²) >= 11 is 0. The number of benzene rings is 1. The molecule has 2 heterocycles. The van der Waals surface area contributed by atoms with Crippen LogP contribution in [0.4, 0.5) is 0 Å². The lowest BCUT2D eigenvalue weighted by Crippen LogP contribution is -2.06. The Morgan fingerprint density at radius 3 is 3.13 bits per heavy atom. The van der Waals surface area contributed by atoms with Crippen LogP contribution in [-0.2, 0) is 11.8 Å². The molecule has 0 radical (unpaired) electrons. The molecule has 1 fully saturated rings. The number of ether oxygens (including phenoxy) is 1. The van der Waals surface area contributed by atoms with Crippen molar-refractivity contribution in [1.29, 1.82) is 0 Å². The highest BCUT2D eigenvalue weighted by Gasteiger charge is 2.32. The molecule has 2 aromatic rings. The van der Waals surface area contributed by atoms with Crippen molar-refractivity contribution >= 4 is 16.8 Å². The maximum Gasteiger partial charge on any atom is 0.194 e. The van der Waals surface area contributed by atoms with E-state index in [1.807, 2.05) is 29.8 Å². The fourth-order valence-corrected chi connectivity index (χ4v) is 1.67. The van der Waals surface area contributed by atoms with Crippen molar-refractivity contribution in [2.45, 2.75) is 6.10 Å². The van der Waals surface area contributed by atoms with Crippen molar-refractivity contribution in [1.82, 2.24) is 9.55 Å². The van der Waals surface area contributed by atoms with Gasteiger partial charge in [-0.25, -0.2) is 4.98 Å². The van der Waals surface area contributed by atoms with Crippen molar-refractivity contribution in [3.8, 4) is 0 Å². The number of hydrogen-bond acceptors (Lipinski definition) is 3. The van der Waals surface area contributed by atoms with Crippen LogP contribution in [0.1, 0.15) is 10.4 Å². The number of Topliss-reactive ketones (excluding diaryl/α,β-unsaturated/α-hetero) is 1. The molecule has 1 unspecified atom stereocenters. The highest BCUT2D eigenvalue weighted by atomic mass is 16.6. The molecule has 3 rings (SSSR count). The maximum atomic E-state index is 11.7. The first-order chi connectivity index (χ1) is 7.25. The summed E-state index contributed by atoms with van der Waals surface area (Å²) in [5.41, 5.74) is 2.57. The molecular weight excluding hydrogens is 192 g/mol. The molecule has 1 aliphatic rings. The second-order valence-corrected chi connectivity index (χ2v) is 3.75. The molecule has 1 aromatic carbocycles. The van der Waals surface area contributed by atoms with E-state index in [0.29, 0.717) is 12.2 Å². The average Bonchev–Trinajstić information content (AvgIpc) is 3.03. The second kappa shape index (κ2) is 2.90. The van der Waals surface area contributed by atoms with Crippen LogP contribution in [0.3, 0.4) is 0 Å². The predicted octanol–water partition coefficient (Wildman–Crippen LogP) is 1.15. The molecule has 1 atom stereocenters. The number of imidazole rings is 1. The summed E-state index contributed by atoms with van der Waals surface area (Å²) in [7, 11) is 1.93. The zero-order valence-electron chi connectivity index (χ0n) is 8.30. The molecule has 0 saturated carbocycles. The van der Waals surface area contributed by atoms with Gasteiger partial charge in [-0.2, -0.15) is 0 Å². The Morgan fingerprint density at radius 1 is 1.60 bits per heavy atom. The lowest BCUT2D eigenvalue weighted by Gasteiger charge is -1.98. The first-order valence-corrected chi connectivity index (χ1v) is 4.82. The highest BCUT2D eigenvalue weighted by molar-refractivity contribution is 6.02. The van der Waals surface area contributed by atoms with Crippen LogP contribution < -0.4 is 0 Å². The third kappa shape index (κ3) is 1.34. The minimum absolute atomic E-state index is 0.0579. The van der Waals surface area contributed by atoms with Gasteiger partial charge in [0, 0.05) is 12.6 Å². The summed E-state index contributed by atoms with van der Waals surface area (Å²) < 4.78 is 6.89. The van der Waals surface area contributed by atoms with Gasteiger partial charge in [-0.1, -0.05) is 0 Å². The number of hydrogen-bond donors (Lipinski definition) is 0. The minimum Gasteiger partial charge on any atom is -0.364 e. The minimum atomic E-state index is -0.217. The van der Waals surface area contributed by atoms with Gasteiger partial charge in [-0.05, 0) is 18.2 Å².